The Labute approximate surface area is 156 Å². The van der Waals surface area contributed by atoms with Gasteiger partial charge in [0.1, 0.15) is 12.1 Å². The molecule has 8 nitrogen and oxygen atoms in total. The maximum atomic E-state index is 13.2. The number of nitrogens with zero attached hydrogens (tertiary/aromatic N) is 4. The van der Waals surface area contributed by atoms with Crippen LogP contribution in [-0.4, -0.2) is 19.9 Å². The number of hydrogen-bond donors (Lipinski definition) is 2. The molecular formula is C17H13F3N6O2. The van der Waals surface area contributed by atoms with Crippen molar-refractivity contribution in [3.63, 3.8) is 0 Å². The molecule has 0 saturated carbocycles. The first-order chi connectivity index (χ1) is 13.3. The number of nitrogens with one attached hydrogen (secondary N) is 2. The largest absolute Gasteiger partial charge is 0.418 e. The number of hydrogen-bond acceptors (Lipinski definition) is 7. The van der Waals surface area contributed by atoms with Crippen molar-refractivity contribution in [1.82, 2.24) is 15.0 Å². The maximum Gasteiger partial charge on any atom is 0.418 e. The zero-order valence-corrected chi connectivity index (χ0v) is 14.4. The Morgan fingerprint density at radius 1 is 0.964 bits per heavy atom. The first kappa shape index (κ1) is 19.0. The Morgan fingerprint density at radius 2 is 1.64 bits per heavy atom. The van der Waals surface area contributed by atoms with Crippen LogP contribution in [0, 0.1) is 17.0 Å². The molecule has 0 unspecified atom stereocenters. The highest BCUT2D eigenvalue weighted by atomic mass is 19.4. The second-order valence-corrected chi connectivity index (χ2v) is 5.64. The predicted octanol–water partition coefficient (Wildman–Crippen LogP) is 4.59. The van der Waals surface area contributed by atoms with Crippen LogP contribution < -0.4 is 10.6 Å². The molecule has 0 amide bonds. The first-order valence-electron chi connectivity index (χ1n) is 7.88. The second kappa shape index (κ2) is 7.47. The molecule has 11 heteroatoms. The van der Waals surface area contributed by atoms with Gasteiger partial charge in [-0.3, -0.25) is 10.1 Å². The number of pyridine rings is 1. The Bertz CT molecular complexity index is 1030. The highest BCUT2D eigenvalue weighted by Gasteiger charge is 2.34. The molecule has 0 atom stereocenters. The topological polar surface area (TPSA) is 106 Å². The van der Waals surface area contributed by atoms with Gasteiger partial charge in [0.15, 0.2) is 0 Å². The van der Waals surface area contributed by atoms with Gasteiger partial charge >= 0.3 is 11.9 Å². The lowest BCUT2D eigenvalue weighted by Crippen LogP contribution is -2.11. The summed E-state index contributed by atoms with van der Waals surface area (Å²) in [4.78, 5) is 22.5. The average molecular weight is 390 g/mol. The number of halogens is 3. The van der Waals surface area contributed by atoms with E-state index in [0.29, 0.717) is 11.4 Å². The van der Waals surface area contributed by atoms with E-state index in [4.69, 9.17) is 0 Å². The maximum absolute atomic E-state index is 13.2. The Hall–Kier alpha value is -3.76. The number of rotatable bonds is 5. The van der Waals surface area contributed by atoms with E-state index in [1.165, 1.54) is 18.3 Å². The minimum absolute atomic E-state index is 0.200. The van der Waals surface area contributed by atoms with Crippen molar-refractivity contribution in [2.45, 2.75) is 13.1 Å². The van der Waals surface area contributed by atoms with Gasteiger partial charge in [-0.2, -0.15) is 13.2 Å². The lowest BCUT2D eigenvalue weighted by atomic mass is 10.1. The van der Waals surface area contributed by atoms with E-state index < -0.39 is 22.4 Å². The molecule has 2 aromatic heterocycles. The number of anilines is 4. The van der Waals surface area contributed by atoms with Crippen LogP contribution in [0.4, 0.5) is 42.0 Å². The number of benzene rings is 1. The van der Waals surface area contributed by atoms with E-state index in [1.807, 2.05) is 0 Å². The Morgan fingerprint density at radius 3 is 2.29 bits per heavy atom. The van der Waals surface area contributed by atoms with Crippen LogP contribution in [0.25, 0.3) is 0 Å². The van der Waals surface area contributed by atoms with E-state index in [-0.39, 0.29) is 17.3 Å². The standard InChI is InChI=1S/C17H13F3N6O2/c1-10-5-4-8-21-14(10)25-16-13(26(27)28)15(22-9-23-16)24-12-7-3-2-6-11(12)17(18,19)20/h2-9H,1H3,(H2,21,22,23,24,25). The molecule has 2 heterocycles. The van der Waals surface area contributed by atoms with Crippen molar-refractivity contribution >= 4 is 28.8 Å². The molecular weight excluding hydrogens is 377 g/mol. The molecule has 144 valence electrons. The van der Waals surface area contributed by atoms with E-state index in [2.05, 4.69) is 25.6 Å². The van der Waals surface area contributed by atoms with E-state index in [9.17, 15) is 23.3 Å². The first-order valence-corrected chi connectivity index (χ1v) is 7.88. The fourth-order valence-corrected chi connectivity index (χ4v) is 2.43. The highest BCUT2D eigenvalue weighted by Crippen LogP contribution is 2.38. The normalized spacial score (nSPS) is 11.1. The van der Waals surface area contributed by atoms with Gasteiger partial charge in [0, 0.05) is 6.20 Å². The summed E-state index contributed by atoms with van der Waals surface area (Å²) in [5, 5.41) is 16.7. The molecule has 0 bridgehead atoms. The quantitative estimate of drug-likeness (QED) is 0.485. The zero-order chi connectivity index (χ0) is 20.3. The molecule has 1 aromatic carbocycles. The molecule has 0 saturated heterocycles. The monoisotopic (exact) mass is 390 g/mol. The van der Waals surface area contributed by atoms with Gasteiger partial charge in [-0.25, -0.2) is 15.0 Å². The number of nitro groups is 1. The van der Waals surface area contributed by atoms with Crippen LogP contribution in [0.3, 0.4) is 0 Å². The zero-order valence-electron chi connectivity index (χ0n) is 14.4. The van der Waals surface area contributed by atoms with Crippen molar-refractivity contribution in [1.29, 1.82) is 0 Å². The van der Waals surface area contributed by atoms with E-state index in [1.54, 1.807) is 19.1 Å². The van der Waals surface area contributed by atoms with Gasteiger partial charge in [0.2, 0.25) is 11.6 Å². The van der Waals surface area contributed by atoms with Gasteiger partial charge in [-0.15, -0.1) is 0 Å². The minimum atomic E-state index is -4.64. The van der Waals surface area contributed by atoms with Crippen molar-refractivity contribution in [3.8, 4) is 0 Å². The van der Waals surface area contributed by atoms with Crippen LogP contribution in [-0.2, 0) is 6.18 Å². The second-order valence-electron chi connectivity index (χ2n) is 5.64. The third-order valence-corrected chi connectivity index (χ3v) is 3.74. The van der Waals surface area contributed by atoms with Crippen LogP contribution in [0.15, 0.2) is 48.9 Å². The minimum Gasteiger partial charge on any atom is -0.334 e. The summed E-state index contributed by atoms with van der Waals surface area (Å²) in [6.45, 7) is 1.74. The van der Waals surface area contributed by atoms with E-state index >= 15 is 0 Å². The van der Waals surface area contributed by atoms with Gasteiger partial charge in [0.25, 0.3) is 0 Å². The summed E-state index contributed by atoms with van der Waals surface area (Å²) in [5.41, 5.74) is -1.24. The van der Waals surface area contributed by atoms with Gasteiger partial charge in [0.05, 0.1) is 16.2 Å². The number of aromatic nitrogens is 3. The highest BCUT2D eigenvalue weighted by molar-refractivity contribution is 5.77. The smallest absolute Gasteiger partial charge is 0.334 e. The Kier molecular flexibility index (Phi) is 5.07. The van der Waals surface area contributed by atoms with Crippen molar-refractivity contribution in [2.75, 3.05) is 10.6 Å². The molecule has 0 spiro atoms. The number of para-hydroxylation sites is 1. The molecule has 0 fully saturated rings. The van der Waals surface area contributed by atoms with Crippen LogP contribution in [0.5, 0.6) is 0 Å². The lowest BCUT2D eigenvalue weighted by molar-refractivity contribution is -0.383. The molecule has 3 rings (SSSR count). The molecule has 0 aliphatic rings. The van der Waals surface area contributed by atoms with Crippen LogP contribution in [0.2, 0.25) is 0 Å². The third-order valence-electron chi connectivity index (χ3n) is 3.74. The molecule has 0 radical (unpaired) electrons. The fourth-order valence-electron chi connectivity index (χ4n) is 2.43. The van der Waals surface area contributed by atoms with Crippen molar-refractivity contribution < 1.29 is 18.1 Å². The Balaban J connectivity index is 2.04. The summed E-state index contributed by atoms with van der Waals surface area (Å²) < 4.78 is 39.6. The summed E-state index contributed by atoms with van der Waals surface area (Å²) in [6, 6.07) is 8.05. The number of aryl methyl sites for hydroxylation is 1. The third kappa shape index (κ3) is 3.98. The molecule has 2 N–H and O–H groups in total. The lowest BCUT2D eigenvalue weighted by Gasteiger charge is -2.14. The predicted molar refractivity (Wildman–Crippen MR) is 95.7 cm³/mol. The summed E-state index contributed by atoms with van der Waals surface area (Å²) >= 11 is 0. The molecule has 0 aliphatic heterocycles. The number of alkyl halides is 3. The van der Waals surface area contributed by atoms with Crippen LogP contribution >= 0.6 is 0 Å². The van der Waals surface area contributed by atoms with Gasteiger partial charge in [-0.05, 0) is 30.7 Å². The fraction of sp³-hybridized carbons (Fsp3) is 0.118. The summed E-state index contributed by atoms with van der Waals surface area (Å²) in [6.07, 6.45) is -2.15. The average Bonchev–Trinajstić information content (AvgIpc) is 2.63. The molecule has 3 aromatic rings. The van der Waals surface area contributed by atoms with Crippen LogP contribution in [0.1, 0.15) is 11.1 Å². The summed E-state index contributed by atoms with van der Waals surface area (Å²) in [5.74, 6) is -0.257. The van der Waals surface area contributed by atoms with E-state index in [0.717, 1.165) is 18.5 Å². The SMILES string of the molecule is Cc1cccnc1Nc1ncnc(Nc2ccccc2C(F)(F)F)c1[N+](=O)[O-]. The van der Waals surface area contributed by atoms with Gasteiger partial charge in [-0.1, -0.05) is 18.2 Å². The van der Waals surface area contributed by atoms with Crippen molar-refractivity contribution in [3.05, 3.63) is 70.2 Å². The van der Waals surface area contributed by atoms with Crippen molar-refractivity contribution in [2.24, 2.45) is 0 Å². The summed E-state index contributed by atoms with van der Waals surface area (Å²) in [7, 11) is 0. The van der Waals surface area contributed by atoms with Gasteiger partial charge < -0.3 is 10.6 Å². The molecule has 0 aliphatic carbocycles. The molecule has 28 heavy (non-hydrogen) atoms.